The Morgan fingerprint density at radius 3 is 2.46 bits per heavy atom. The van der Waals surface area contributed by atoms with Crippen molar-refractivity contribution in [2.75, 3.05) is 19.7 Å². The Labute approximate surface area is 81.0 Å². The summed E-state index contributed by atoms with van der Waals surface area (Å²) in [6, 6.07) is 0. The van der Waals surface area contributed by atoms with Crippen LogP contribution in [-0.4, -0.2) is 25.8 Å². The molecule has 1 aliphatic heterocycles. The lowest BCUT2D eigenvalue weighted by molar-refractivity contribution is -0.00493. The summed E-state index contributed by atoms with van der Waals surface area (Å²) in [5.41, 5.74) is 0. The van der Waals surface area contributed by atoms with Crippen molar-refractivity contribution in [1.29, 1.82) is 0 Å². The average molecular weight is 183 g/mol. The van der Waals surface area contributed by atoms with Crippen LogP contribution in [0.15, 0.2) is 0 Å². The first kappa shape index (κ1) is 9.47. The van der Waals surface area contributed by atoms with Gasteiger partial charge in [0.1, 0.15) is 0 Å². The molecule has 76 valence electrons. The predicted molar refractivity (Wildman–Crippen MR) is 53.8 cm³/mol. The second kappa shape index (κ2) is 4.97. The number of ether oxygens (including phenoxy) is 1. The van der Waals surface area contributed by atoms with E-state index < -0.39 is 0 Å². The summed E-state index contributed by atoms with van der Waals surface area (Å²) in [4.78, 5) is 0. The zero-order valence-electron chi connectivity index (χ0n) is 8.43. The van der Waals surface area contributed by atoms with Gasteiger partial charge in [0, 0.05) is 6.61 Å². The van der Waals surface area contributed by atoms with E-state index in [2.05, 4.69) is 5.32 Å². The SMILES string of the molecule is C1CC(OCCC2CCNCC2)C1. The molecule has 2 aliphatic rings. The highest BCUT2D eigenvalue weighted by molar-refractivity contribution is 4.71. The maximum atomic E-state index is 5.76. The van der Waals surface area contributed by atoms with Gasteiger partial charge in [-0.15, -0.1) is 0 Å². The first-order valence-electron chi connectivity index (χ1n) is 5.77. The number of hydrogen-bond acceptors (Lipinski definition) is 2. The Bertz CT molecular complexity index is 139. The van der Waals surface area contributed by atoms with Gasteiger partial charge in [0.05, 0.1) is 6.10 Å². The van der Waals surface area contributed by atoms with Crippen LogP contribution >= 0.6 is 0 Å². The highest BCUT2D eigenvalue weighted by atomic mass is 16.5. The summed E-state index contributed by atoms with van der Waals surface area (Å²) in [6.07, 6.45) is 8.64. The lowest BCUT2D eigenvalue weighted by atomic mass is 9.94. The molecular weight excluding hydrogens is 162 g/mol. The smallest absolute Gasteiger partial charge is 0.0575 e. The fourth-order valence-corrected chi connectivity index (χ4v) is 2.11. The summed E-state index contributed by atoms with van der Waals surface area (Å²) < 4.78 is 5.76. The summed E-state index contributed by atoms with van der Waals surface area (Å²) in [5.74, 6) is 0.932. The first-order valence-corrected chi connectivity index (χ1v) is 5.77. The van der Waals surface area contributed by atoms with Crippen LogP contribution in [0.1, 0.15) is 38.5 Å². The molecule has 1 heterocycles. The van der Waals surface area contributed by atoms with Crippen molar-refractivity contribution in [3.8, 4) is 0 Å². The maximum absolute atomic E-state index is 5.76. The molecule has 1 aliphatic carbocycles. The Hall–Kier alpha value is -0.0800. The molecule has 0 aromatic carbocycles. The third-order valence-electron chi connectivity index (χ3n) is 3.39. The fourth-order valence-electron chi connectivity index (χ4n) is 2.11. The van der Waals surface area contributed by atoms with Gasteiger partial charge >= 0.3 is 0 Å². The van der Waals surface area contributed by atoms with E-state index in [0.29, 0.717) is 6.10 Å². The molecule has 2 fully saturated rings. The zero-order chi connectivity index (χ0) is 8.93. The molecule has 1 saturated heterocycles. The predicted octanol–water partition coefficient (Wildman–Crippen LogP) is 1.95. The van der Waals surface area contributed by atoms with Crippen LogP contribution in [0.4, 0.5) is 0 Å². The molecule has 0 aromatic rings. The van der Waals surface area contributed by atoms with Crippen molar-refractivity contribution in [2.45, 2.75) is 44.6 Å². The largest absolute Gasteiger partial charge is 0.378 e. The molecule has 1 saturated carbocycles. The van der Waals surface area contributed by atoms with Gasteiger partial charge < -0.3 is 10.1 Å². The highest BCUT2D eigenvalue weighted by Gasteiger charge is 2.18. The Kier molecular flexibility index (Phi) is 3.62. The van der Waals surface area contributed by atoms with Crippen molar-refractivity contribution in [3.05, 3.63) is 0 Å². The molecule has 0 radical (unpaired) electrons. The van der Waals surface area contributed by atoms with Crippen LogP contribution in [0.2, 0.25) is 0 Å². The minimum Gasteiger partial charge on any atom is -0.378 e. The van der Waals surface area contributed by atoms with E-state index in [-0.39, 0.29) is 0 Å². The third kappa shape index (κ3) is 2.96. The van der Waals surface area contributed by atoms with Gasteiger partial charge in [0.15, 0.2) is 0 Å². The van der Waals surface area contributed by atoms with Gasteiger partial charge in [-0.25, -0.2) is 0 Å². The summed E-state index contributed by atoms with van der Waals surface area (Å²) >= 11 is 0. The monoisotopic (exact) mass is 183 g/mol. The highest BCUT2D eigenvalue weighted by Crippen LogP contribution is 2.23. The van der Waals surface area contributed by atoms with Crippen molar-refractivity contribution in [2.24, 2.45) is 5.92 Å². The fraction of sp³-hybridized carbons (Fsp3) is 1.00. The van der Waals surface area contributed by atoms with Gasteiger partial charge in [-0.05, 0) is 57.5 Å². The molecule has 0 bridgehead atoms. The maximum Gasteiger partial charge on any atom is 0.0575 e. The lowest BCUT2D eigenvalue weighted by Crippen LogP contribution is -2.29. The lowest BCUT2D eigenvalue weighted by Gasteiger charge is -2.27. The molecular formula is C11H21NO. The summed E-state index contributed by atoms with van der Waals surface area (Å²) in [7, 11) is 0. The third-order valence-corrected chi connectivity index (χ3v) is 3.39. The molecule has 0 unspecified atom stereocenters. The minimum atomic E-state index is 0.627. The van der Waals surface area contributed by atoms with Crippen LogP contribution in [0.3, 0.4) is 0 Å². The van der Waals surface area contributed by atoms with Gasteiger partial charge in [0.25, 0.3) is 0 Å². The van der Waals surface area contributed by atoms with Crippen LogP contribution in [0.5, 0.6) is 0 Å². The van der Waals surface area contributed by atoms with Gasteiger partial charge in [0.2, 0.25) is 0 Å². The van der Waals surface area contributed by atoms with E-state index in [1.807, 2.05) is 0 Å². The van der Waals surface area contributed by atoms with Crippen LogP contribution < -0.4 is 5.32 Å². The normalized spacial score (nSPS) is 25.8. The molecule has 2 nitrogen and oxygen atoms in total. The van der Waals surface area contributed by atoms with E-state index in [1.54, 1.807) is 0 Å². The molecule has 2 rings (SSSR count). The summed E-state index contributed by atoms with van der Waals surface area (Å²) in [6.45, 7) is 3.44. The van der Waals surface area contributed by atoms with Gasteiger partial charge in [-0.3, -0.25) is 0 Å². The van der Waals surface area contributed by atoms with E-state index in [9.17, 15) is 0 Å². The van der Waals surface area contributed by atoms with Crippen LogP contribution in [0.25, 0.3) is 0 Å². The van der Waals surface area contributed by atoms with Crippen molar-refractivity contribution in [3.63, 3.8) is 0 Å². The van der Waals surface area contributed by atoms with Crippen molar-refractivity contribution >= 4 is 0 Å². The molecule has 0 spiro atoms. The topological polar surface area (TPSA) is 21.3 Å². The second-order valence-electron chi connectivity index (χ2n) is 4.41. The molecule has 0 aromatic heterocycles. The first-order chi connectivity index (χ1) is 6.45. The van der Waals surface area contributed by atoms with Gasteiger partial charge in [-0.2, -0.15) is 0 Å². The molecule has 13 heavy (non-hydrogen) atoms. The minimum absolute atomic E-state index is 0.627. The van der Waals surface area contributed by atoms with Crippen molar-refractivity contribution in [1.82, 2.24) is 5.32 Å². The molecule has 2 heteroatoms. The number of rotatable bonds is 4. The Morgan fingerprint density at radius 1 is 1.08 bits per heavy atom. The van der Waals surface area contributed by atoms with Crippen molar-refractivity contribution < 1.29 is 4.74 Å². The molecule has 0 amide bonds. The van der Waals surface area contributed by atoms with Gasteiger partial charge in [-0.1, -0.05) is 0 Å². The number of hydrogen-bond donors (Lipinski definition) is 1. The van der Waals surface area contributed by atoms with E-state index >= 15 is 0 Å². The van der Waals surface area contributed by atoms with E-state index in [1.165, 1.54) is 51.6 Å². The van der Waals surface area contributed by atoms with Crippen LogP contribution in [-0.2, 0) is 4.74 Å². The van der Waals surface area contributed by atoms with E-state index in [4.69, 9.17) is 4.74 Å². The average Bonchev–Trinajstić information content (AvgIpc) is 2.11. The second-order valence-corrected chi connectivity index (χ2v) is 4.41. The quantitative estimate of drug-likeness (QED) is 0.719. The molecule has 1 N–H and O–H groups in total. The Balaban J connectivity index is 1.50. The van der Waals surface area contributed by atoms with Crippen LogP contribution in [0, 0.1) is 5.92 Å². The summed E-state index contributed by atoms with van der Waals surface area (Å²) in [5, 5.41) is 3.40. The standard InChI is InChI=1S/C11H21NO/c1-2-11(3-1)13-9-6-10-4-7-12-8-5-10/h10-12H,1-9H2. The molecule has 0 atom stereocenters. The zero-order valence-corrected chi connectivity index (χ0v) is 8.43. The number of piperidine rings is 1. The Morgan fingerprint density at radius 2 is 1.85 bits per heavy atom. The number of nitrogens with one attached hydrogen (secondary N) is 1. The van der Waals surface area contributed by atoms with E-state index in [0.717, 1.165) is 12.5 Å².